The predicted molar refractivity (Wildman–Crippen MR) is 108 cm³/mol. The molecule has 27 heavy (non-hydrogen) atoms. The third-order valence-electron chi connectivity index (χ3n) is 4.40. The van der Waals surface area contributed by atoms with Crippen LogP contribution in [0.3, 0.4) is 0 Å². The first-order valence-corrected chi connectivity index (χ1v) is 10.2. The Balaban J connectivity index is 1.59. The van der Waals surface area contributed by atoms with Gasteiger partial charge in [-0.05, 0) is 30.4 Å². The van der Waals surface area contributed by atoms with Crippen LogP contribution in [0.5, 0.6) is 0 Å². The summed E-state index contributed by atoms with van der Waals surface area (Å²) in [7, 11) is 0. The van der Waals surface area contributed by atoms with E-state index < -0.39 is 5.82 Å². The van der Waals surface area contributed by atoms with Crippen molar-refractivity contribution in [3.63, 3.8) is 0 Å². The summed E-state index contributed by atoms with van der Waals surface area (Å²) in [5.74, 6) is 1.30. The highest BCUT2D eigenvalue weighted by Crippen LogP contribution is 2.27. The third-order valence-corrected chi connectivity index (χ3v) is 5.61. The maximum Gasteiger partial charge on any atom is 0.234 e. The number of aromatic nitrogens is 2. The van der Waals surface area contributed by atoms with Gasteiger partial charge in [-0.15, -0.1) is 0 Å². The molecule has 1 fully saturated rings. The molecule has 0 saturated carbocycles. The fraction of sp³-hybridized carbons (Fsp3) is 0.421. The van der Waals surface area contributed by atoms with E-state index in [4.69, 9.17) is 11.6 Å². The van der Waals surface area contributed by atoms with Gasteiger partial charge in [-0.1, -0.05) is 43.3 Å². The van der Waals surface area contributed by atoms with E-state index in [9.17, 15) is 9.18 Å². The molecule has 8 heteroatoms. The van der Waals surface area contributed by atoms with Crippen LogP contribution in [0.25, 0.3) is 0 Å². The SMILES string of the molecule is C[C@H]1C[C@H](C)CN(c2cc(SCC(=O)Nc3cccc(Cl)c3F)ncn2)C1. The predicted octanol–water partition coefficient (Wildman–Crippen LogP) is 4.48. The molecular formula is C19H22ClFN4OS. The van der Waals surface area contributed by atoms with Crippen molar-refractivity contribution in [2.45, 2.75) is 25.3 Å². The Labute approximate surface area is 167 Å². The highest BCUT2D eigenvalue weighted by atomic mass is 35.5. The second-order valence-corrected chi connectivity index (χ2v) is 8.41. The summed E-state index contributed by atoms with van der Waals surface area (Å²) in [6.07, 6.45) is 2.75. The molecule has 1 saturated heterocycles. The molecule has 144 valence electrons. The van der Waals surface area contributed by atoms with Crippen LogP contribution in [-0.2, 0) is 4.79 Å². The number of piperidine rings is 1. The number of hydrogen-bond acceptors (Lipinski definition) is 5. The number of anilines is 2. The average Bonchev–Trinajstić information content (AvgIpc) is 2.63. The van der Waals surface area contributed by atoms with Crippen molar-refractivity contribution >= 4 is 40.8 Å². The average molecular weight is 409 g/mol. The second kappa shape index (κ2) is 8.89. The molecule has 1 amide bonds. The van der Waals surface area contributed by atoms with Crippen molar-refractivity contribution in [3.05, 3.63) is 41.4 Å². The van der Waals surface area contributed by atoms with Crippen molar-refractivity contribution in [2.24, 2.45) is 11.8 Å². The molecule has 3 rings (SSSR count). The van der Waals surface area contributed by atoms with Gasteiger partial charge in [-0.25, -0.2) is 14.4 Å². The molecule has 1 N–H and O–H groups in total. The summed E-state index contributed by atoms with van der Waals surface area (Å²) < 4.78 is 13.9. The van der Waals surface area contributed by atoms with E-state index in [1.807, 2.05) is 6.07 Å². The first kappa shape index (κ1) is 19.9. The summed E-state index contributed by atoms with van der Waals surface area (Å²) in [5, 5.41) is 3.23. The first-order valence-electron chi connectivity index (χ1n) is 8.86. The Bertz CT molecular complexity index is 812. The summed E-state index contributed by atoms with van der Waals surface area (Å²) in [6, 6.07) is 6.41. The minimum Gasteiger partial charge on any atom is -0.356 e. The number of rotatable bonds is 5. The molecule has 2 heterocycles. The molecule has 0 radical (unpaired) electrons. The number of carbonyl (C=O) groups excluding carboxylic acids is 1. The zero-order valence-electron chi connectivity index (χ0n) is 15.3. The lowest BCUT2D eigenvalue weighted by molar-refractivity contribution is -0.113. The molecule has 1 aromatic carbocycles. The van der Waals surface area contributed by atoms with Gasteiger partial charge in [0.05, 0.1) is 16.5 Å². The second-order valence-electron chi connectivity index (χ2n) is 7.00. The van der Waals surface area contributed by atoms with Crippen LogP contribution in [-0.4, -0.2) is 34.7 Å². The third kappa shape index (κ3) is 5.32. The van der Waals surface area contributed by atoms with Gasteiger partial charge in [-0.2, -0.15) is 0 Å². The molecule has 1 aromatic heterocycles. The highest BCUT2D eigenvalue weighted by molar-refractivity contribution is 7.99. The van der Waals surface area contributed by atoms with Gasteiger partial charge >= 0.3 is 0 Å². The Morgan fingerprint density at radius 1 is 1.33 bits per heavy atom. The molecule has 5 nitrogen and oxygen atoms in total. The van der Waals surface area contributed by atoms with Gasteiger partial charge in [0.15, 0.2) is 5.82 Å². The van der Waals surface area contributed by atoms with Gasteiger partial charge < -0.3 is 10.2 Å². The monoisotopic (exact) mass is 408 g/mol. The zero-order valence-corrected chi connectivity index (χ0v) is 16.9. The molecule has 2 aromatic rings. The number of benzene rings is 1. The molecule has 2 atom stereocenters. The van der Waals surface area contributed by atoms with Crippen molar-refractivity contribution in [1.82, 2.24) is 9.97 Å². The van der Waals surface area contributed by atoms with Gasteiger partial charge in [0.1, 0.15) is 17.2 Å². The topological polar surface area (TPSA) is 58.1 Å². The van der Waals surface area contributed by atoms with Crippen LogP contribution in [0.15, 0.2) is 35.6 Å². The van der Waals surface area contributed by atoms with Gasteiger partial charge in [0, 0.05) is 19.2 Å². The van der Waals surface area contributed by atoms with Crippen molar-refractivity contribution in [2.75, 3.05) is 29.1 Å². The standard InChI is InChI=1S/C19H22ClFN4OS/c1-12-6-13(2)9-25(8-12)16-7-18(23-11-22-16)27-10-17(26)24-15-5-3-4-14(20)19(15)21/h3-5,7,11-13H,6,8-10H2,1-2H3,(H,24,26)/t12-,13-/m0/s1. The maximum absolute atomic E-state index is 13.9. The van der Waals surface area contributed by atoms with Crippen molar-refractivity contribution in [1.29, 1.82) is 0 Å². The Hall–Kier alpha value is -1.86. The number of nitrogens with zero attached hydrogens (tertiary/aromatic N) is 3. The minimum atomic E-state index is -0.629. The van der Waals surface area contributed by atoms with Gasteiger partial charge in [0.2, 0.25) is 5.91 Å². The van der Waals surface area contributed by atoms with Crippen LogP contribution in [0.2, 0.25) is 5.02 Å². The lowest BCUT2D eigenvalue weighted by atomic mass is 9.92. The first-order chi connectivity index (χ1) is 12.9. The van der Waals surface area contributed by atoms with Crippen LogP contribution < -0.4 is 10.2 Å². The summed E-state index contributed by atoms with van der Waals surface area (Å²) in [5.41, 5.74) is 0.0766. The van der Waals surface area contributed by atoms with Crippen LogP contribution in [0, 0.1) is 17.7 Å². The molecule has 1 aliphatic heterocycles. The Morgan fingerprint density at radius 2 is 2.07 bits per heavy atom. The van der Waals surface area contributed by atoms with E-state index in [2.05, 4.69) is 34.0 Å². The minimum absolute atomic E-state index is 0.0223. The molecule has 0 bridgehead atoms. The quantitative estimate of drug-likeness (QED) is 0.583. The van der Waals surface area contributed by atoms with E-state index in [-0.39, 0.29) is 22.4 Å². The van der Waals surface area contributed by atoms with Crippen LogP contribution in [0.4, 0.5) is 15.9 Å². The Morgan fingerprint density at radius 3 is 2.81 bits per heavy atom. The lowest BCUT2D eigenvalue weighted by Crippen LogP contribution is -2.39. The smallest absolute Gasteiger partial charge is 0.234 e. The zero-order chi connectivity index (χ0) is 19.4. The number of halogens is 2. The van der Waals surface area contributed by atoms with Crippen molar-refractivity contribution in [3.8, 4) is 0 Å². The summed E-state index contributed by atoms with van der Waals surface area (Å²) >= 11 is 7.02. The number of thioether (sulfide) groups is 1. The van der Waals surface area contributed by atoms with E-state index in [0.717, 1.165) is 18.9 Å². The van der Waals surface area contributed by atoms with E-state index in [0.29, 0.717) is 16.9 Å². The molecule has 0 aliphatic carbocycles. The molecule has 1 aliphatic rings. The number of hydrogen-bond donors (Lipinski definition) is 1. The summed E-state index contributed by atoms with van der Waals surface area (Å²) in [6.45, 7) is 6.44. The fourth-order valence-corrected chi connectivity index (χ4v) is 4.19. The van der Waals surface area contributed by atoms with Crippen LogP contribution in [0.1, 0.15) is 20.3 Å². The summed E-state index contributed by atoms with van der Waals surface area (Å²) in [4.78, 5) is 23.0. The van der Waals surface area contributed by atoms with Crippen molar-refractivity contribution < 1.29 is 9.18 Å². The van der Waals surface area contributed by atoms with E-state index in [1.165, 1.54) is 36.6 Å². The molecule has 0 unspecified atom stereocenters. The van der Waals surface area contributed by atoms with E-state index in [1.54, 1.807) is 6.07 Å². The molecule has 0 spiro atoms. The number of amides is 1. The number of nitrogens with one attached hydrogen (secondary N) is 1. The van der Waals surface area contributed by atoms with Gasteiger partial charge in [-0.3, -0.25) is 4.79 Å². The largest absolute Gasteiger partial charge is 0.356 e. The highest BCUT2D eigenvalue weighted by Gasteiger charge is 2.23. The Kier molecular flexibility index (Phi) is 6.55. The van der Waals surface area contributed by atoms with Crippen LogP contribution >= 0.6 is 23.4 Å². The number of carbonyl (C=O) groups is 1. The van der Waals surface area contributed by atoms with E-state index >= 15 is 0 Å². The lowest BCUT2D eigenvalue weighted by Gasteiger charge is -2.35. The van der Waals surface area contributed by atoms with Gasteiger partial charge in [0.25, 0.3) is 0 Å². The normalized spacial score (nSPS) is 19.8. The maximum atomic E-state index is 13.9. The fourth-order valence-electron chi connectivity index (χ4n) is 3.36. The molecular weight excluding hydrogens is 387 g/mol.